The largest absolute Gasteiger partial charge is 0.322 e. The normalized spacial score (nSPS) is 10.6. The molecule has 1 amide bonds. The summed E-state index contributed by atoms with van der Waals surface area (Å²) in [6.07, 6.45) is 1.47. The second kappa shape index (κ2) is 6.99. The second-order valence-corrected chi connectivity index (χ2v) is 6.05. The molecule has 1 heterocycles. The van der Waals surface area contributed by atoms with Gasteiger partial charge in [0.15, 0.2) is 5.82 Å². The van der Waals surface area contributed by atoms with E-state index in [1.165, 1.54) is 18.3 Å². The molecule has 0 atom stereocenters. The lowest BCUT2D eigenvalue weighted by molar-refractivity contribution is 0.102. The van der Waals surface area contributed by atoms with Crippen molar-refractivity contribution in [2.75, 3.05) is 5.32 Å². The van der Waals surface area contributed by atoms with Crippen LogP contribution in [0.25, 0.3) is 11.4 Å². The summed E-state index contributed by atoms with van der Waals surface area (Å²) in [5.74, 6) is -0.199. The minimum Gasteiger partial charge on any atom is -0.322 e. The number of aromatic nitrogens is 2. The smallest absolute Gasteiger partial charge is 0.259 e. The standard InChI is InChI=1S/C19H15ClFN3O/c1-11-3-6-14(20)9-17(11)24-19(25)16-10-22-18(23-12(16)2)13-4-7-15(21)8-5-13/h3-10H,1-2H3,(H,24,25). The zero-order valence-corrected chi connectivity index (χ0v) is 14.4. The van der Waals surface area contributed by atoms with Gasteiger partial charge in [-0.15, -0.1) is 0 Å². The number of nitrogens with one attached hydrogen (secondary N) is 1. The molecule has 0 radical (unpaired) electrons. The Kier molecular flexibility index (Phi) is 4.76. The quantitative estimate of drug-likeness (QED) is 0.733. The number of amides is 1. The molecule has 0 fully saturated rings. The van der Waals surface area contributed by atoms with Crippen LogP contribution in [0.4, 0.5) is 10.1 Å². The third kappa shape index (κ3) is 3.83. The molecule has 3 aromatic rings. The number of benzene rings is 2. The number of hydrogen-bond acceptors (Lipinski definition) is 3. The first-order valence-electron chi connectivity index (χ1n) is 7.61. The average Bonchev–Trinajstić information content (AvgIpc) is 2.58. The van der Waals surface area contributed by atoms with E-state index in [1.54, 1.807) is 31.2 Å². The number of carbonyl (C=O) groups excluding carboxylic acids is 1. The summed E-state index contributed by atoms with van der Waals surface area (Å²) in [6.45, 7) is 3.61. The zero-order valence-electron chi connectivity index (χ0n) is 13.7. The van der Waals surface area contributed by atoms with E-state index in [0.29, 0.717) is 33.4 Å². The maximum atomic E-state index is 13.0. The summed E-state index contributed by atoms with van der Waals surface area (Å²) in [5.41, 5.74) is 3.12. The van der Waals surface area contributed by atoms with Crippen molar-refractivity contribution < 1.29 is 9.18 Å². The molecule has 25 heavy (non-hydrogen) atoms. The fraction of sp³-hybridized carbons (Fsp3) is 0.105. The molecule has 1 N–H and O–H groups in total. The Bertz CT molecular complexity index is 942. The molecule has 4 nitrogen and oxygen atoms in total. The highest BCUT2D eigenvalue weighted by atomic mass is 35.5. The molecule has 0 bridgehead atoms. The molecular weight excluding hydrogens is 341 g/mol. The van der Waals surface area contributed by atoms with E-state index < -0.39 is 0 Å². The van der Waals surface area contributed by atoms with Crippen LogP contribution in [0.3, 0.4) is 0 Å². The van der Waals surface area contributed by atoms with Gasteiger partial charge < -0.3 is 5.32 Å². The SMILES string of the molecule is Cc1ccc(Cl)cc1NC(=O)c1cnc(-c2ccc(F)cc2)nc1C. The van der Waals surface area contributed by atoms with Crippen LogP contribution in [0, 0.1) is 19.7 Å². The van der Waals surface area contributed by atoms with Gasteiger partial charge in [-0.25, -0.2) is 14.4 Å². The minimum atomic E-state index is -0.326. The number of anilines is 1. The lowest BCUT2D eigenvalue weighted by Crippen LogP contribution is -2.15. The molecule has 0 spiro atoms. The highest BCUT2D eigenvalue weighted by molar-refractivity contribution is 6.31. The van der Waals surface area contributed by atoms with Gasteiger partial charge in [-0.05, 0) is 55.8 Å². The predicted octanol–water partition coefficient (Wildman–Crippen LogP) is 4.81. The van der Waals surface area contributed by atoms with E-state index in [0.717, 1.165) is 5.56 Å². The molecule has 0 unspecified atom stereocenters. The molecule has 3 rings (SSSR count). The summed E-state index contributed by atoms with van der Waals surface area (Å²) < 4.78 is 13.0. The number of rotatable bonds is 3. The van der Waals surface area contributed by atoms with Gasteiger partial charge in [0.2, 0.25) is 0 Å². The fourth-order valence-corrected chi connectivity index (χ4v) is 2.52. The molecule has 0 aliphatic heterocycles. The zero-order chi connectivity index (χ0) is 18.0. The third-order valence-electron chi connectivity index (χ3n) is 3.77. The van der Waals surface area contributed by atoms with E-state index in [2.05, 4.69) is 15.3 Å². The second-order valence-electron chi connectivity index (χ2n) is 5.61. The first kappa shape index (κ1) is 17.0. The Hall–Kier alpha value is -2.79. The van der Waals surface area contributed by atoms with Crippen LogP contribution < -0.4 is 5.32 Å². The topological polar surface area (TPSA) is 54.9 Å². The molecule has 126 valence electrons. The lowest BCUT2D eigenvalue weighted by atomic mass is 10.1. The van der Waals surface area contributed by atoms with Gasteiger partial charge in [-0.3, -0.25) is 4.79 Å². The number of nitrogens with zero attached hydrogens (tertiary/aromatic N) is 2. The fourth-order valence-electron chi connectivity index (χ4n) is 2.35. The van der Waals surface area contributed by atoms with Gasteiger partial charge in [0.25, 0.3) is 5.91 Å². The number of carbonyl (C=O) groups is 1. The first-order valence-corrected chi connectivity index (χ1v) is 7.99. The van der Waals surface area contributed by atoms with E-state index >= 15 is 0 Å². The van der Waals surface area contributed by atoms with Crippen LogP contribution in [0.1, 0.15) is 21.6 Å². The predicted molar refractivity (Wildman–Crippen MR) is 96.3 cm³/mol. The average molecular weight is 356 g/mol. The van der Waals surface area contributed by atoms with Crippen molar-refractivity contribution in [3.8, 4) is 11.4 Å². The van der Waals surface area contributed by atoms with Gasteiger partial charge in [-0.1, -0.05) is 17.7 Å². The van der Waals surface area contributed by atoms with Gasteiger partial charge >= 0.3 is 0 Å². The van der Waals surface area contributed by atoms with Crippen LogP contribution >= 0.6 is 11.6 Å². The van der Waals surface area contributed by atoms with E-state index in [4.69, 9.17) is 11.6 Å². The number of hydrogen-bond donors (Lipinski definition) is 1. The van der Waals surface area contributed by atoms with Crippen molar-refractivity contribution in [1.82, 2.24) is 9.97 Å². The summed E-state index contributed by atoms with van der Waals surface area (Å²) in [4.78, 5) is 21.1. The Morgan fingerprint density at radius 3 is 2.52 bits per heavy atom. The minimum absolute atomic E-state index is 0.312. The van der Waals surface area contributed by atoms with Crippen molar-refractivity contribution in [2.24, 2.45) is 0 Å². The van der Waals surface area contributed by atoms with Crippen LogP contribution in [-0.4, -0.2) is 15.9 Å². The Morgan fingerprint density at radius 1 is 1.12 bits per heavy atom. The van der Waals surface area contributed by atoms with Crippen molar-refractivity contribution in [2.45, 2.75) is 13.8 Å². The molecule has 2 aromatic carbocycles. The van der Waals surface area contributed by atoms with Crippen LogP contribution in [0.15, 0.2) is 48.7 Å². The highest BCUT2D eigenvalue weighted by Crippen LogP contribution is 2.22. The maximum absolute atomic E-state index is 13.0. The molecule has 1 aromatic heterocycles. The molecule has 0 saturated heterocycles. The van der Waals surface area contributed by atoms with Crippen molar-refractivity contribution in [1.29, 1.82) is 0 Å². The van der Waals surface area contributed by atoms with Gasteiger partial charge in [-0.2, -0.15) is 0 Å². The first-order chi connectivity index (χ1) is 11.9. The number of halogens is 2. The van der Waals surface area contributed by atoms with Gasteiger partial charge in [0, 0.05) is 22.5 Å². The Morgan fingerprint density at radius 2 is 1.84 bits per heavy atom. The molecule has 6 heteroatoms. The lowest BCUT2D eigenvalue weighted by Gasteiger charge is -2.10. The molecular formula is C19H15ClFN3O. The van der Waals surface area contributed by atoms with Crippen molar-refractivity contribution >= 4 is 23.2 Å². The molecule has 0 aliphatic carbocycles. The molecule has 0 aliphatic rings. The van der Waals surface area contributed by atoms with Crippen molar-refractivity contribution in [3.63, 3.8) is 0 Å². The maximum Gasteiger partial charge on any atom is 0.259 e. The highest BCUT2D eigenvalue weighted by Gasteiger charge is 2.14. The van der Waals surface area contributed by atoms with Crippen molar-refractivity contribution in [3.05, 3.63) is 76.3 Å². The van der Waals surface area contributed by atoms with E-state index in [-0.39, 0.29) is 11.7 Å². The summed E-state index contributed by atoms with van der Waals surface area (Å²) in [6, 6.07) is 11.2. The monoisotopic (exact) mass is 355 g/mol. The summed E-state index contributed by atoms with van der Waals surface area (Å²) in [7, 11) is 0. The van der Waals surface area contributed by atoms with Crippen LogP contribution in [0.5, 0.6) is 0 Å². The van der Waals surface area contributed by atoms with Crippen LogP contribution in [0.2, 0.25) is 5.02 Å². The number of aryl methyl sites for hydroxylation is 2. The Balaban J connectivity index is 1.86. The van der Waals surface area contributed by atoms with Gasteiger partial charge in [0.1, 0.15) is 5.82 Å². The van der Waals surface area contributed by atoms with Crippen LogP contribution in [-0.2, 0) is 0 Å². The Labute approximate surface area is 149 Å². The third-order valence-corrected chi connectivity index (χ3v) is 4.01. The van der Waals surface area contributed by atoms with E-state index in [1.807, 2.05) is 13.0 Å². The summed E-state index contributed by atoms with van der Waals surface area (Å²) >= 11 is 5.97. The molecule has 0 saturated carbocycles. The summed E-state index contributed by atoms with van der Waals surface area (Å²) in [5, 5.41) is 3.36. The van der Waals surface area contributed by atoms with Gasteiger partial charge in [0.05, 0.1) is 11.3 Å². The van der Waals surface area contributed by atoms with E-state index in [9.17, 15) is 9.18 Å².